The van der Waals surface area contributed by atoms with Gasteiger partial charge in [0, 0.05) is 11.4 Å². The number of halogens is 1. The maximum Gasteiger partial charge on any atom is 0.264 e. The molecule has 0 radical (unpaired) electrons. The molecular weight excluding hydrogens is 400 g/mol. The summed E-state index contributed by atoms with van der Waals surface area (Å²) < 4.78 is 9.52. The van der Waals surface area contributed by atoms with Crippen LogP contribution in [0.3, 0.4) is 0 Å². The number of pyridine rings is 1. The Labute approximate surface area is 177 Å². The van der Waals surface area contributed by atoms with Gasteiger partial charge in [0.15, 0.2) is 11.5 Å². The van der Waals surface area contributed by atoms with Gasteiger partial charge in [0.1, 0.15) is 13.2 Å². The van der Waals surface area contributed by atoms with Gasteiger partial charge in [-0.1, -0.05) is 41.9 Å². The summed E-state index contributed by atoms with van der Waals surface area (Å²) in [5.41, 5.74) is 2.25. The number of aromatic amines is 1. The number of hydrogen-bond donors (Lipinski definition) is 2. The summed E-state index contributed by atoms with van der Waals surface area (Å²) >= 11 is 6.38. The minimum atomic E-state index is -0.342. The maximum absolute atomic E-state index is 13.5. The summed E-state index contributed by atoms with van der Waals surface area (Å²) in [7, 11) is 0. The van der Waals surface area contributed by atoms with Crippen molar-refractivity contribution in [1.82, 2.24) is 24.5 Å². The average Bonchev–Trinajstić information content (AvgIpc) is 3.22. The minimum absolute atomic E-state index is 0.128. The van der Waals surface area contributed by atoms with Crippen LogP contribution >= 0.6 is 11.6 Å². The number of rotatable bonds is 4. The van der Waals surface area contributed by atoms with E-state index in [9.17, 15) is 4.79 Å². The molecule has 2 aromatic carbocycles. The zero-order chi connectivity index (χ0) is 21.5. The minimum Gasteiger partial charge on any atom is -0.360 e. The molecule has 1 atom stereocenters. The molecule has 2 N–H and O–H groups in total. The van der Waals surface area contributed by atoms with Gasteiger partial charge in [-0.3, -0.25) is 9.36 Å². The number of nitrogens with one attached hydrogen (secondary N) is 2. The second kappa shape index (κ2) is 7.27. The number of benzene rings is 2. The first kappa shape index (κ1) is 17.2. The number of imidazole rings is 1. The van der Waals surface area contributed by atoms with Crippen LogP contribution in [0.5, 0.6) is 0 Å². The van der Waals surface area contributed by atoms with Gasteiger partial charge in [-0.05, 0) is 36.6 Å². The average molecular weight is 418 g/mol. The molecular formula is C22H17ClN6O. The predicted molar refractivity (Wildman–Crippen MR) is 118 cm³/mol. The Morgan fingerprint density at radius 3 is 2.80 bits per heavy atom. The molecule has 0 fully saturated rings. The molecule has 148 valence electrons. The van der Waals surface area contributed by atoms with Crippen molar-refractivity contribution >= 4 is 39.4 Å². The molecule has 5 rings (SSSR count). The van der Waals surface area contributed by atoms with Crippen LogP contribution in [0.2, 0.25) is 5.02 Å². The van der Waals surface area contributed by atoms with Crippen molar-refractivity contribution in [2.45, 2.75) is 13.0 Å². The third kappa shape index (κ3) is 3.00. The number of H-pyrrole nitrogens is 1. The van der Waals surface area contributed by atoms with Gasteiger partial charge in [0.2, 0.25) is 0 Å². The van der Waals surface area contributed by atoms with E-state index in [2.05, 4.69) is 25.3 Å². The highest BCUT2D eigenvalue weighted by atomic mass is 35.5. The van der Waals surface area contributed by atoms with Crippen LogP contribution in [0.1, 0.15) is 20.0 Å². The zero-order valence-electron chi connectivity index (χ0n) is 16.9. The fourth-order valence-corrected chi connectivity index (χ4v) is 3.87. The smallest absolute Gasteiger partial charge is 0.264 e. The van der Waals surface area contributed by atoms with Crippen molar-refractivity contribution in [3.8, 4) is 5.69 Å². The fraction of sp³-hybridized carbons (Fsp3) is 0.0909. The molecule has 7 nitrogen and oxygen atoms in total. The van der Waals surface area contributed by atoms with E-state index in [1.54, 1.807) is 10.6 Å². The summed E-state index contributed by atoms with van der Waals surface area (Å²) in [4.78, 5) is 28.9. The van der Waals surface area contributed by atoms with Crippen LogP contribution in [0, 0.1) is 0 Å². The largest absolute Gasteiger partial charge is 0.360 e. The fourth-order valence-electron chi connectivity index (χ4n) is 3.61. The van der Waals surface area contributed by atoms with E-state index >= 15 is 0 Å². The Morgan fingerprint density at radius 2 is 1.97 bits per heavy atom. The third-order valence-corrected chi connectivity index (χ3v) is 5.32. The van der Waals surface area contributed by atoms with Gasteiger partial charge < -0.3 is 10.3 Å². The van der Waals surface area contributed by atoms with Crippen molar-refractivity contribution in [1.29, 1.82) is 0 Å². The van der Waals surface area contributed by atoms with E-state index in [1.165, 1.54) is 6.33 Å². The molecule has 30 heavy (non-hydrogen) atoms. The third-order valence-electron chi connectivity index (χ3n) is 5.00. The Morgan fingerprint density at radius 1 is 1.13 bits per heavy atom. The summed E-state index contributed by atoms with van der Waals surface area (Å²) in [5.74, 6) is 0.419. The van der Waals surface area contributed by atoms with Crippen LogP contribution in [0.4, 0.5) is 5.82 Å². The molecule has 0 bridgehead atoms. The first-order valence-electron chi connectivity index (χ1n) is 9.87. The van der Waals surface area contributed by atoms with E-state index in [4.69, 9.17) is 13.0 Å². The number of nitrogens with zero attached hydrogens (tertiary/aromatic N) is 4. The van der Waals surface area contributed by atoms with Gasteiger partial charge in [-0.25, -0.2) is 15.0 Å². The van der Waals surface area contributed by atoms with Crippen LogP contribution in [0.25, 0.3) is 27.6 Å². The van der Waals surface area contributed by atoms with Crippen molar-refractivity contribution in [2.24, 2.45) is 0 Å². The lowest BCUT2D eigenvalue weighted by molar-refractivity contribution is 0.774. The predicted octanol–water partition coefficient (Wildman–Crippen LogP) is 4.48. The number of anilines is 1. The lowest BCUT2D eigenvalue weighted by Gasteiger charge is -2.21. The van der Waals surface area contributed by atoms with Gasteiger partial charge in [0.25, 0.3) is 5.56 Å². The van der Waals surface area contributed by atoms with Gasteiger partial charge >= 0.3 is 0 Å². The SMILES string of the molecule is [2H]c1nc(N[C@@H](C)c2cc3cccc(Cl)c3c(=O)n2-c2ccccc2)c2nc[nH]c2n1. The molecule has 3 aromatic heterocycles. The summed E-state index contributed by atoms with van der Waals surface area (Å²) in [6.07, 6.45) is 1.38. The standard InChI is InChI=1S/C22H17ClN6O/c1-13(28-21-19-20(25-11-24-19)26-12-27-21)17-10-14-6-5-9-16(23)18(14)22(30)29(17)15-7-3-2-4-8-15/h2-13H,1H3,(H2,24,25,26,27,28)/t13-/m0/s1/i12D. The number of aromatic nitrogens is 5. The first-order chi connectivity index (χ1) is 15.0. The molecule has 0 spiro atoms. The van der Waals surface area contributed by atoms with Crippen LogP contribution < -0.4 is 10.9 Å². The van der Waals surface area contributed by atoms with Gasteiger partial charge in [-0.2, -0.15) is 0 Å². The molecule has 0 amide bonds. The topological polar surface area (TPSA) is 88.5 Å². The summed E-state index contributed by atoms with van der Waals surface area (Å²) in [5, 5.41) is 4.93. The second-order valence-corrected chi connectivity index (χ2v) is 7.29. The van der Waals surface area contributed by atoms with E-state index in [-0.39, 0.29) is 17.9 Å². The van der Waals surface area contributed by atoms with E-state index in [1.807, 2.05) is 55.5 Å². The van der Waals surface area contributed by atoms with E-state index < -0.39 is 0 Å². The monoisotopic (exact) mass is 417 g/mol. The number of hydrogen-bond acceptors (Lipinski definition) is 5. The highest BCUT2D eigenvalue weighted by Gasteiger charge is 2.19. The van der Waals surface area contributed by atoms with Crippen molar-refractivity contribution in [3.05, 3.63) is 88.3 Å². The van der Waals surface area contributed by atoms with Crippen LogP contribution in [-0.4, -0.2) is 24.5 Å². The lowest BCUT2D eigenvalue weighted by atomic mass is 10.1. The van der Waals surface area contributed by atoms with Gasteiger partial charge in [-0.15, -0.1) is 0 Å². The van der Waals surface area contributed by atoms with E-state index in [0.29, 0.717) is 27.4 Å². The normalized spacial score (nSPS) is 12.8. The molecule has 0 unspecified atom stereocenters. The Hall–Kier alpha value is -3.71. The Balaban J connectivity index is 1.71. The Kier molecular flexibility index (Phi) is 4.16. The summed E-state index contributed by atoms with van der Waals surface area (Å²) in [6.45, 7) is 1.93. The molecule has 5 aromatic rings. The lowest BCUT2D eigenvalue weighted by Crippen LogP contribution is -2.25. The molecule has 0 aliphatic carbocycles. The molecule has 0 aliphatic rings. The van der Waals surface area contributed by atoms with Crippen LogP contribution in [0.15, 0.2) is 72.0 Å². The zero-order valence-corrected chi connectivity index (χ0v) is 16.7. The number of fused-ring (bicyclic) bond motifs is 2. The molecule has 0 saturated carbocycles. The summed E-state index contributed by atoms with van der Waals surface area (Å²) in [6, 6.07) is 16.4. The van der Waals surface area contributed by atoms with Gasteiger partial charge in [0.05, 0.1) is 22.8 Å². The molecule has 8 heteroatoms. The number of para-hydroxylation sites is 1. The van der Waals surface area contributed by atoms with Crippen molar-refractivity contribution in [2.75, 3.05) is 5.32 Å². The maximum atomic E-state index is 13.5. The highest BCUT2D eigenvalue weighted by molar-refractivity contribution is 6.35. The quantitative estimate of drug-likeness (QED) is 0.450. The molecule has 3 heterocycles. The second-order valence-electron chi connectivity index (χ2n) is 6.89. The van der Waals surface area contributed by atoms with Crippen LogP contribution in [-0.2, 0) is 0 Å². The Bertz CT molecular complexity index is 1480. The van der Waals surface area contributed by atoms with Crippen molar-refractivity contribution in [3.63, 3.8) is 0 Å². The molecule has 0 aliphatic heterocycles. The van der Waals surface area contributed by atoms with E-state index in [0.717, 1.165) is 16.8 Å². The highest BCUT2D eigenvalue weighted by Crippen LogP contribution is 2.27. The first-order valence-corrected chi connectivity index (χ1v) is 9.74. The molecule has 0 saturated heterocycles. The van der Waals surface area contributed by atoms with Crippen molar-refractivity contribution < 1.29 is 1.37 Å².